The fourth-order valence-electron chi connectivity index (χ4n) is 3.40. The Hall–Kier alpha value is -3.25. The van der Waals surface area contributed by atoms with Gasteiger partial charge in [-0.25, -0.2) is 9.07 Å². The number of halogens is 1. The van der Waals surface area contributed by atoms with E-state index in [0.717, 1.165) is 24.2 Å². The number of aryl methyl sites for hydroxylation is 1. The summed E-state index contributed by atoms with van der Waals surface area (Å²) in [6.07, 6.45) is 6.92. The van der Waals surface area contributed by atoms with Crippen LogP contribution in [0.25, 0.3) is 11.3 Å². The molecular formula is C23H23FN4O. The molecule has 0 saturated carbocycles. The summed E-state index contributed by atoms with van der Waals surface area (Å²) < 4.78 is 15.5. The molecule has 0 radical (unpaired) electrons. The molecule has 0 unspecified atom stereocenters. The number of nitrogens with zero attached hydrogens (tertiary/aromatic N) is 3. The smallest absolute Gasteiger partial charge is 0.238 e. The molecule has 1 aromatic heterocycles. The third kappa shape index (κ3) is 4.60. The number of hydrogen-bond donors (Lipinski definition) is 1. The van der Waals surface area contributed by atoms with Gasteiger partial charge in [-0.15, -0.1) is 0 Å². The van der Waals surface area contributed by atoms with Gasteiger partial charge >= 0.3 is 0 Å². The first kappa shape index (κ1) is 19.1. The van der Waals surface area contributed by atoms with E-state index < -0.39 is 0 Å². The monoisotopic (exact) mass is 390 g/mol. The second-order valence-corrected chi connectivity index (χ2v) is 7.24. The molecular weight excluding hydrogens is 367 g/mol. The van der Waals surface area contributed by atoms with Crippen LogP contribution in [0.1, 0.15) is 17.5 Å². The maximum atomic E-state index is 13.6. The van der Waals surface area contributed by atoms with Gasteiger partial charge in [0.2, 0.25) is 5.91 Å². The van der Waals surface area contributed by atoms with Crippen molar-refractivity contribution in [2.24, 2.45) is 0 Å². The highest BCUT2D eigenvalue weighted by atomic mass is 19.1. The summed E-state index contributed by atoms with van der Waals surface area (Å²) in [5, 5.41) is 7.22. The van der Waals surface area contributed by atoms with Crippen molar-refractivity contribution in [2.45, 2.75) is 13.3 Å². The molecule has 1 aliphatic heterocycles. The fourth-order valence-corrected chi connectivity index (χ4v) is 3.40. The van der Waals surface area contributed by atoms with Crippen molar-refractivity contribution >= 4 is 17.2 Å². The van der Waals surface area contributed by atoms with E-state index >= 15 is 0 Å². The highest BCUT2D eigenvalue weighted by Crippen LogP contribution is 2.23. The Morgan fingerprint density at radius 3 is 2.76 bits per heavy atom. The third-order valence-corrected chi connectivity index (χ3v) is 5.09. The zero-order valence-electron chi connectivity index (χ0n) is 16.3. The molecule has 1 aliphatic rings. The average molecular weight is 390 g/mol. The number of anilines is 1. The molecule has 148 valence electrons. The van der Waals surface area contributed by atoms with Gasteiger partial charge in [-0.2, -0.15) is 5.10 Å². The lowest BCUT2D eigenvalue weighted by molar-refractivity contribution is -0.117. The van der Waals surface area contributed by atoms with Crippen molar-refractivity contribution in [1.29, 1.82) is 0 Å². The van der Waals surface area contributed by atoms with Crippen LogP contribution in [0, 0.1) is 12.7 Å². The van der Waals surface area contributed by atoms with E-state index in [9.17, 15) is 9.18 Å². The van der Waals surface area contributed by atoms with Crippen LogP contribution in [-0.2, 0) is 4.79 Å². The highest BCUT2D eigenvalue weighted by molar-refractivity contribution is 5.92. The molecule has 2 heterocycles. The first-order valence-corrected chi connectivity index (χ1v) is 9.66. The van der Waals surface area contributed by atoms with Gasteiger partial charge in [0.1, 0.15) is 5.82 Å². The number of amides is 1. The number of para-hydroxylation sites is 1. The standard InChI is InChI=1S/C23H23FN4O/c1-17-7-8-20(13-22(17)24)26-23(29)16-27-11-9-18(10-12-27)19-14-25-28(15-19)21-5-3-2-4-6-21/h2-9,13-15H,10-12,16H2,1H3,(H,26,29). The lowest BCUT2D eigenvalue weighted by atomic mass is 10.0. The zero-order chi connectivity index (χ0) is 20.2. The molecule has 6 heteroatoms. The second-order valence-electron chi connectivity index (χ2n) is 7.24. The molecule has 0 spiro atoms. The molecule has 1 N–H and O–H groups in total. The van der Waals surface area contributed by atoms with Crippen LogP contribution < -0.4 is 5.32 Å². The van der Waals surface area contributed by atoms with Crippen molar-refractivity contribution in [3.05, 3.63) is 83.9 Å². The topological polar surface area (TPSA) is 50.2 Å². The van der Waals surface area contributed by atoms with Crippen molar-refractivity contribution in [2.75, 3.05) is 25.0 Å². The van der Waals surface area contributed by atoms with Crippen LogP contribution in [-0.4, -0.2) is 40.2 Å². The van der Waals surface area contributed by atoms with Gasteiger partial charge in [-0.3, -0.25) is 9.69 Å². The van der Waals surface area contributed by atoms with Gasteiger partial charge < -0.3 is 5.32 Å². The Morgan fingerprint density at radius 1 is 1.21 bits per heavy atom. The van der Waals surface area contributed by atoms with Gasteiger partial charge in [0.05, 0.1) is 18.4 Å². The predicted octanol–water partition coefficient (Wildman–Crippen LogP) is 4.05. The Balaban J connectivity index is 1.34. The molecule has 5 nitrogen and oxygen atoms in total. The van der Waals surface area contributed by atoms with Gasteiger partial charge in [-0.05, 0) is 48.7 Å². The van der Waals surface area contributed by atoms with Crippen LogP contribution in [0.15, 0.2) is 67.0 Å². The van der Waals surface area contributed by atoms with Gasteiger partial charge in [-0.1, -0.05) is 30.3 Å². The number of hydrogen-bond acceptors (Lipinski definition) is 3. The molecule has 4 rings (SSSR count). The molecule has 0 saturated heterocycles. The first-order valence-electron chi connectivity index (χ1n) is 9.66. The molecule has 29 heavy (non-hydrogen) atoms. The zero-order valence-corrected chi connectivity index (χ0v) is 16.3. The summed E-state index contributed by atoms with van der Waals surface area (Å²) in [5.74, 6) is -0.452. The van der Waals surface area contributed by atoms with Crippen molar-refractivity contribution in [3.8, 4) is 5.69 Å². The van der Waals surface area contributed by atoms with E-state index in [2.05, 4.69) is 21.4 Å². The van der Waals surface area contributed by atoms with Crippen LogP contribution in [0.3, 0.4) is 0 Å². The SMILES string of the molecule is Cc1ccc(NC(=O)CN2CC=C(c3cnn(-c4ccccc4)c3)CC2)cc1F. The summed E-state index contributed by atoms with van der Waals surface area (Å²) in [4.78, 5) is 14.4. The number of nitrogens with one attached hydrogen (secondary N) is 1. The van der Waals surface area contributed by atoms with E-state index in [0.29, 0.717) is 17.8 Å². The molecule has 3 aromatic rings. The summed E-state index contributed by atoms with van der Waals surface area (Å²) in [7, 11) is 0. The number of carbonyl (C=O) groups excluding carboxylic acids is 1. The number of benzene rings is 2. The molecule has 2 aromatic carbocycles. The Morgan fingerprint density at radius 2 is 2.03 bits per heavy atom. The van der Waals surface area contributed by atoms with Crippen LogP contribution in [0.5, 0.6) is 0 Å². The molecule has 1 amide bonds. The first-order chi connectivity index (χ1) is 14.1. The van der Waals surface area contributed by atoms with E-state index in [4.69, 9.17) is 0 Å². The Labute approximate surface area is 169 Å². The average Bonchev–Trinajstić information content (AvgIpc) is 3.22. The maximum absolute atomic E-state index is 13.6. The third-order valence-electron chi connectivity index (χ3n) is 5.09. The number of carbonyl (C=O) groups is 1. The summed E-state index contributed by atoms with van der Waals surface area (Å²) >= 11 is 0. The van der Waals surface area contributed by atoms with Gasteiger partial charge in [0, 0.05) is 30.5 Å². The molecule has 0 bridgehead atoms. The lowest BCUT2D eigenvalue weighted by Crippen LogP contribution is -2.36. The van der Waals surface area contributed by atoms with Crippen LogP contribution >= 0.6 is 0 Å². The minimum atomic E-state index is -0.315. The van der Waals surface area contributed by atoms with Crippen LogP contribution in [0.2, 0.25) is 0 Å². The predicted molar refractivity (Wildman–Crippen MR) is 112 cm³/mol. The summed E-state index contributed by atoms with van der Waals surface area (Å²) in [6, 6.07) is 14.7. The number of aromatic nitrogens is 2. The minimum Gasteiger partial charge on any atom is -0.325 e. The Kier molecular flexibility index (Phi) is 5.53. The van der Waals surface area contributed by atoms with Crippen molar-refractivity contribution < 1.29 is 9.18 Å². The van der Waals surface area contributed by atoms with E-state index in [1.807, 2.05) is 47.4 Å². The summed E-state index contributed by atoms with van der Waals surface area (Å²) in [5.41, 5.74) is 4.42. The summed E-state index contributed by atoms with van der Waals surface area (Å²) in [6.45, 7) is 3.46. The van der Waals surface area contributed by atoms with E-state index in [-0.39, 0.29) is 18.3 Å². The van der Waals surface area contributed by atoms with Crippen molar-refractivity contribution in [1.82, 2.24) is 14.7 Å². The second kappa shape index (κ2) is 8.41. The fraction of sp³-hybridized carbons (Fsp3) is 0.217. The van der Waals surface area contributed by atoms with Gasteiger partial charge in [0.25, 0.3) is 0 Å². The van der Waals surface area contributed by atoms with E-state index in [1.165, 1.54) is 11.6 Å². The molecule has 0 fully saturated rings. The number of rotatable bonds is 5. The molecule has 0 atom stereocenters. The maximum Gasteiger partial charge on any atom is 0.238 e. The molecule has 0 aliphatic carbocycles. The Bertz CT molecular complexity index is 1040. The van der Waals surface area contributed by atoms with Gasteiger partial charge in [0.15, 0.2) is 0 Å². The quantitative estimate of drug-likeness (QED) is 0.715. The van der Waals surface area contributed by atoms with Crippen molar-refractivity contribution in [3.63, 3.8) is 0 Å². The largest absolute Gasteiger partial charge is 0.325 e. The van der Waals surface area contributed by atoms with Crippen LogP contribution in [0.4, 0.5) is 10.1 Å². The lowest BCUT2D eigenvalue weighted by Gasteiger charge is -2.25. The van der Waals surface area contributed by atoms with E-state index in [1.54, 1.807) is 19.1 Å². The normalized spacial score (nSPS) is 14.5. The minimum absolute atomic E-state index is 0.137. The highest BCUT2D eigenvalue weighted by Gasteiger charge is 2.17.